The number of hydrogen-bond acceptors (Lipinski definition) is 4. The van der Waals surface area contributed by atoms with Gasteiger partial charge in [-0.05, 0) is 55.2 Å². The molecule has 2 aromatic carbocycles. The number of nitrogens with one attached hydrogen (secondary N) is 1. The van der Waals surface area contributed by atoms with Gasteiger partial charge in [0, 0.05) is 5.02 Å². The van der Waals surface area contributed by atoms with Crippen molar-refractivity contribution < 1.29 is 14.4 Å². The monoisotopic (exact) mass is 416 g/mol. The van der Waals surface area contributed by atoms with E-state index < -0.39 is 17.9 Å². The number of amides is 3. The second-order valence-electron chi connectivity index (χ2n) is 6.60. The summed E-state index contributed by atoms with van der Waals surface area (Å²) in [7, 11) is 0. The van der Waals surface area contributed by atoms with Gasteiger partial charge in [0.15, 0.2) is 0 Å². The fourth-order valence-corrected chi connectivity index (χ4v) is 3.83. The van der Waals surface area contributed by atoms with Gasteiger partial charge in [0.05, 0.1) is 17.2 Å². The van der Waals surface area contributed by atoms with Crippen LogP contribution in [0.2, 0.25) is 5.02 Å². The van der Waals surface area contributed by atoms with Crippen LogP contribution in [0.25, 0.3) is 0 Å². The third-order valence-corrected chi connectivity index (χ3v) is 5.66. The summed E-state index contributed by atoms with van der Waals surface area (Å²) in [5.74, 6) is -0.520. The lowest BCUT2D eigenvalue weighted by Crippen LogP contribution is -2.50. The van der Waals surface area contributed by atoms with Crippen molar-refractivity contribution in [3.63, 3.8) is 0 Å². The molecule has 1 N–H and O–H groups in total. The minimum absolute atomic E-state index is 0.281. The Morgan fingerprint density at radius 2 is 1.64 bits per heavy atom. The second kappa shape index (κ2) is 8.80. The van der Waals surface area contributed by atoms with Crippen molar-refractivity contribution in [3.05, 3.63) is 70.2 Å². The Morgan fingerprint density at radius 1 is 1.07 bits per heavy atom. The largest absolute Gasteiger partial charge is 0.348 e. The van der Waals surface area contributed by atoms with Crippen LogP contribution in [0.1, 0.15) is 45.7 Å². The van der Waals surface area contributed by atoms with E-state index in [0.29, 0.717) is 28.3 Å². The first kappa shape index (κ1) is 20.4. The van der Waals surface area contributed by atoms with Crippen molar-refractivity contribution in [2.45, 2.75) is 25.4 Å². The summed E-state index contributed by atoms with van der Waals surface area (Å²) in [5.41, 5.74) is 1.59. The summed E-state index contributed by atoms with van der Waals surface area (Å²) < 4.78 is 0. The number of halogens is 1. The number of rotatable bonds is 7. The molecule has 3 amide bonds. The summed E-state index contributed by atoms with van der Waals surface area (Å²) in [5, 5.41) is 3.55. The van der Waals surface area contributed by atoms with Gasteiger partial charge in [-0.3, -0.25) is 19.3 Å². The highest BCUT2D eigenvalue weighted by Gasteiger charge is 2.42. The molecule has 28 heavy (non-hydrogen) atoms. The fraction of sp³-hybridized carbons (Fsp3) is 0.286. The van der Waals surface area contributed by atoms with E-state index >= 15 is 0 Å². The Hall–Kier alpha value is -2.31. The zero-order valence-corrected chi connectivity index (χ0v) is 17.2. The standard InChI is InChI=1S/C21H21ClN2O3S/c1-13(14-7-9-15(22)10-8-14)23-19(25)18(11-12-28-2)24-20(26)16-5-3-4-6-17(16)21(24)27/h3-10,13,18H,11-12H2,1-2H3,(H,23,25)/t13-,18-/m0/s1. The quantitative estimate of drug-likeness (QED) is 0.694. The number of carbonyl (C=O) groups excluding carboxylic acids is 3. The smallest absolute Gasteiger partial charge is 0.262 e. The van der Waals surface area contributed by atoms with Gasteiger partial charge in [0.2, 0.25) is 5.91 Å². The number of hydrogen-bond donors (Lipinski definition) is 1. The average molecular weight is 417 g/mol. The molecule has 0 aromatic heterocycles. The Morgan fingerprint density at radius 3 is 2.18 bits per heavy atom. The minimum atomic E-state index is -0.852. The first-order valence-electron chi connectivity index (χ1n) is 8.95. The maximum Gasteiger partial charge on any atom is 0.262 e. The lowest BCUT2D eigenvalue weighted by atomic mass is 10.1. The SMILES string of the molecule is CSCC[C@@H](C(=O)N[C@@H](C)c1ccc(Cl)cc1)N1C(=O)c2ccccc2C1=O. The van der Waals surface area contributed by atoms with Crippen LogP contribution in [0.3, 0.4) is 0 Å². The molecule has 0 saturated carbocycles. The molecule has 2 atom stereocenters. The molecule has 1 heterocycles. The van der Waals surface area contributed by atoms with Crippen LogP contribution in [-0.4, -0.2) is 40.7 Å². The van der Waals surface area contributed by atoms with Gasteiger partial charge in [0.25, 0.3) is 11.8 Å². The minimum Gasteiger partial charge on any atom is -0.348 e. The lowest BCUT2D eigenvalue weighted by Gasteiger charge is -2.27. The van der Waals surface area contributed by atoms with E-state index in [0.717, 1.165) is 10.5 Å². The summed E-state index contributed by atoms with van der Waals surface area (Å²) >= 11 is 7.49. The summed E-state index contributed by atoms with van der Waals surface area (Å²) in [6.07, 6.45) is 2.32. The number of benzene rings is 2. The van der Waals surface area contributed by atoms with Crippen molar-refractivity contribution in [1.29, 1.82) is 0 Å². The van der Waals surface area contributed by atoms with E-state index in [1.165, 1.54) is 0 Å². The van der Waals surface area contributed by atoms with Crippen LogP contribution in [0.15, 0.2) is 48.5 Å². The molecule has 1 aliphatic rings. The van der Waals surface area contributed by atoms with E-state index in [1.54, 1.807) is 48.2 Å². The molecule has 0 bridgehead atoms. The Balaban J connectivity index is 1.82. The summed E-state index contributed by atoms with van der Waals surface area (Å²) in [4.78, 5) is 39.8. The number of carbonyl (C=O) groups is 3. The molecular formula is C21H21ClN2O3S. The van der Waals surface area contributed by atoms with Crippen LogP contribution < -0.4 is 5.32 Å². The first-order chi connectivity index (χ1) is 13.4. The highest BCUT2D eigenvalue weighted by atomic mass is 35.5. The van der Waals surface area contributed by atoms with E-state index in [9.17, 15) is 14.4 Å². The van der Waals surface area contributed by atoms with Gasteiger partial charge in [-0.15, -0.1) is 0 Å². The van der Waals surface area contributed by atoms with Crippen LogP contribution in [0.5, 0.6) is 0 Å². The van der Waals surface area contributed by atoms with E-state index in [2.05, 4.69) is 5.32 Å². The zero-order valence-electron chi connectivity index (χ0n) is 15.6. The van der Waals surface area contributed by atoms with Crippen molar-refractivity contribution in [2.75, 3.05) is 12.0 Å². The molecule has 0 aliphatic carbocycles. The van der Waals surface area contributed by atoms with Crippen LogP contribution in [0.4, 0.5) is 0 Å². The van der Waals surface area contributed by atoms with Crippen molar-refractivity contribution in [1.82, 2.24) is 10.2 Å². The maximum atomic E-state index is 13.0. The third kappa shape index (κ3) is 4.08. The van der Waals surface area contributed by atoms with Gasteiger partial charge in [-0.25, -0.2) is 0 Å². The fourth-order valence-electron chi connectivity index (χ4n) is 3.24. The highest BCUT2D eigenvalue weighted by Crippen LogP contribution is 2.27. The van der Waals surface area contributed by atoms with Crippen LogP contribution in [-0.2, 0) is 4.79 Å². The van der Waals surface area contributed by atoms with E-state index in [4.69, 9.17) is 11.6 Å². The first-order valence-corrected chi connectivity index (χ1v) is 10.7. The normalized spacial score (nSPS) is 15.3. The number of imide groups is 1. The van der Waals surface area contributed by atoms with Crippen molar-refractivity contribution >= 4 is 41.1 Å². The van der Waals surface area contributed by atoms with Crippen LogP contribution in [0, 0.1) is 0 Å². The average Bonchev–Trinajstić information content (AvgIpc) is 2.94. The van der Waals surface area contributed by atoms with Crippen molar-refractivity contribution in [3.8, 4) is 0 Å². The Kier molecular flexibility index (Phi) is 6.42. The molecule has 5 nitrogen and oxygen atoms in total. The van der Waals surface area contributed by atoms with E-state index in [-0.39, 0.29) is 11.9 Å². The molecule has 0 fully saturated rings. The van der Waals surface area contributed by atoms with Gasteiger partial charge in [-0.1, -0.05) is 35.9 Å². The maximum absolute atomic E-state index is 13.0. The molecule has 0 saturated heterocycles. The molecule has 146 valence electrons. The molecule has 1 aliphatic heterocycles. The third-order valence-electron chi connectivity index (χ3n) is 4.76. The molecular weight excluding hydrogens is 396 g/mol. The van der Waals surface area contributed by atoms with Gasteiger partial charge < -0.3 is 5.32 Å². The molecule has 3 rings (SSSR count). The molecule has 0 unspecified atom stereocenters. The number of nitrogens with zero attached hydrogens (tertiary/aromatic N) is 1. The second-order valence-corrected chi connectivity index (χ2v) is 8.03. The summed E-state index contributed by atoms with van der Waals surface area (Å²) in [6, 6.07) is 12.7. The molecule has 0 radical (unpaired) electrons. The molecule has 0 spiro atoms. The van der Waals surface area contributed by atoms with E-state index in [1.807, 2.05) is 25.3 Å². The number of fused-ring (bicyclic) bond motifs is 1. The van der Waals surface area contributed by atoms with Gasteiger partial charge in [-0.2, -0.15) is 11.8 Å². The van der Waals surface area contributed by atoms with Gasteiger partial charge >= 0.3 is 0 Å². The number of thioether (sulfide) groups is 1. The van der Waals surface area contributed by atoms with Gasteiger partial charge in [0.1, 0.15) is 6.04 Å². The summed E-state index contributed by atoms with van der Waals surface area (Å²) in [6.45, 7) is 1.86. The Labute approximate surface area is 173 Å². The lowest BCUT2D eigenvalue weighted by molar-refractivity contribution is -0.125. The zero-order chi connectivity index (χ0) is 20.3. The Bertz CT molecular complexity index is 866. The molecule has 2 aromatic rings. The highest BCUT2D eigenvalue weighted by molar-refractivity contribution is 7.98. The predicted molar refractivity (Wildman–Crippen MR) is 112 cm³/mol. The van der Waals surface area contributed by atoms with Crippen molar-refractivity contribution in [2.24, 2.45) is 0 Å². The molecule has 7 heteroatoms. The topological polar surface area (TPSA) is 66.5 Å². The van der Waals surface area contributed by atoms with Crippen LogP contribution >= 0.6 is 23.4 Å². The predicted octanol–water partition coefficient (Wildman–Crippen LogP) is 3.94.